The van der Waals surface area contributed by atoms with Gasteiger partial charge in [-0.15, -0.1) is 11.8 Å². The van der Waals surface area contributed by atoms with E-state index in [0.717, 1.165) is 12.0 Å². The fraction of sp³-hybridized carbons (Fsp3) is 0.300. The Bertz CT molecular complexity index is 784. The minimum absolute atomic E-state index is 0.195. The Hall–Kier alpha value is -1.98. The zero-order valence-corrected chi connectivity index (χ0v) is 16.0. The number of carbonyl (C=O) groups is 2. The van der Waals surface area contributed by atoms with Gasteiger partial charge in [0, 0.05) is 21.9 Å². The fourth-order valence-corrected chi connectivity index (χ4v) is 4.63. The second-order valence-corrected chi connectivity index (χ2v) is 7.49. The maximum absolute atomic E-state index is 13.2. The van der Waals surface area contributed by atoms with E-state index >= 15 is 0 Å². The van der Waals surface area contributed by atoms with Gasteiger partial charge in [-0.25, -0.2) is 4.79 Å². The molecule has 136 valence electrons. The molecule has 26 heavy (non-hydrogen) atoms. The van der Waals surface area contributed by atoms with E-state index in [9.17, 15) is 9.59 Å². The van der Waals surface area contributed by atoms with Gasteiger partial charge in [-0.1, -0.05) is 54.9 Å². The Labute approximate surface area is 162 Å². The number of ether oxygens (including phenoxy) is 1. The van der Waals surface area contributed by atoms with Crippen molar-refractivity contribution in [3.63, 3.8) is 0 Å². The first kappa shape index (κ1) is 18.8. The van der Waals surface area contributed by atoms with E-state index in [4.69, 9.17) is 16.3 Å². The highest BCUT2D eigenvalue weighted by Crippen LogP contribution is 2.44. The lowest BCUT2D eigenvalue weighted by Gasteiger charge is -2.29. The molecule has 2 aromatic carbocycles. The van der Waals surface area contributed by atoms with Gasteiger partial charge in [0.25, 0.3) is 5.91 Å². The van der Waals surface area contributed by atoms with E-state index in [-0.39, 0.29) is 17.3 Å². The Morgan fingerprint density at radius 3 is 2.54 bits per heavy atom. The minimum Gasteiger partial charge on any atom is -0.464 e. The Morgan fingerprint density at radius 2 is 1.85 bits per heavy atom. The zero-order chi connectivity index (χ0) is 18.5. The van der Waals surface area contributed by atoms with Crippen molar-refractivity contribution in [1.29, 1.82) is 0 Å². The summed E-state index contributed by atoms with van der Waals surface area (Å²) in [5.74, 6) is -0.0750. The molecule has 0 N–H and O–H groups in total. The van der Waals surface area contributed by atoms with Gasteiger partial charge in [0.05, 0.1) is 6.61 Å². The lowest BCUT2D eigenvalue weighted by Crippen LogP contribution is -2.44. The number of halogens is 1. The van der Waals surface area contributed by atoms with Gasteiger partial charge >= 0.3 is 5.97 Å². The number of hydrogen-bond donors (Lipinski definition) is 0. The van der Waals surface area contributed by atoms with Crippen LogP contribution < -0.4 is 0 Å². The molecular weight excluding hydrogens is 370 g/mol. The molecule has 1 saturated heterocycles. The molecule has 0 unspecified atom stereocenters. The van der Waals surface area contributed by atoms with Crippen molar-refractivity contribution in [1.82, 2.24) is 4.90 Å². The molecule has 3 rings (SSSR count). The Morgan fingerprint density at radius 1 is 1.15 bits per heavy atom. The molecule has 1 fully saturated rings. The number of nitrogens with zero attached hydrogens (tertiary/aromatic N) is 1. The number of amides is 1. The summed E-state index contributed by atoms with van der Waals surface area (Å²) in [4.78, 5) is 27.4. The predicted molar refractivity (Wildman–Crippen MR) is 104 cm³/mol. The van der Waals surface area contributed by atoms with E-state index in [1.807, 2.05) is 43.3 Å². The number of benzene rings is 2. The third-order valence-electron chi connectivity index (χ3n) is 4.15. The smallest absolute Gasteiger partial charge is 0.329 e. The van der Waals surface area contributed by atoms with Crippen LogP contribution >= 0.6 is 23.4 Å². The largest absolute Gasteiger partial charge is 0.464 e. The molecule has 2 aromatic rings. The molecule has 2 atom stereocenters. The van der Waals surface area contributed by atoms with Gasteiger partial charge < -0.3 is 9.64 Å². The van der Waals surface area contributed by atoms with Gasteiger partial charge in [-0.3, -0.25) is 4.79 Å². The first-order chi connectivity index (χ1) is 12.6. The number of carbonyl (C=O) groups excluding carboxylic acids is 2. The van der Waals surface area contributed by atoms with Crippen molar-refractivity contribution in [2.75, 3.05) is 12.4 Å². The quantitative estimate of drug-likeness (QED) is 0.704. The highest BCUT2D eigenvalue weighted by Gasteiger charge is 2.44. The van der Waals surface area contributed by atoms with Crippen LogP contribution in [0.25, 0.3) is 0 Å². The van der Waals surface area contributed by atoms with Crippen molar-refractivity contribution < 1.29 is 14.3 Å². The van der Waals surface area contributed by atoms with Crippen LogP contribution in [0.3, 0.4) is 0 Å². The summed E-state index contributed by atoms with van der Waals surface area (Å²) in [7, 11) is 0. The first-order valence-corrected chi connectivity index (χ1v) is 9.96. The monoisotopic (exact) mass is 389 g/mol. The molecule has 0 aromatic heterocycles. The topological polar surface area (TPSA) is 46.6 Å². The van der Waals surface area contributed by atoms with Gasteiger partial charge in [0.15, 0.2) is 0 Å². The molecule has 1 amide bonds. The molecule has 0 saturated carbocycles. The number of thioether (sulfide) groups is 1. The van der Waals surface area contributed by atoms with E-state index < -0.39 is 6.04 Å². The number of esters is 1. The van der Waals surface area contributed by atoms with Crippen LogP contribution in [-0.2, 0) is 9.53 Å². The molecule has 0 bridgehead atoms. The summed E-state index contributed by atoms with van der Waals surface area (Å²) in [6, 6.07) is 15.8. The highest BCUT2D eigenvalue weighted by molar-refractivity contribution is 7.99. The zero-order valence-electron chi connectivity index (χ0n) is 14.4. The van der Waals surface area contributed by atoms with Crippen molar-refractivity contribution >= 4 is 35.2 Å². The highest BCUT2D eigenvalue weighted by atomic mass is 35.5. The molecule has 0 aliphatic carbocycles. The lowest BCUT2D eigenvalue weighted by atomic mass is 10.1. The minimum atomic E-state index is -0.625. The van der Waals surface area contributed by atoms with Crippen molar-refractivity contribution in [3.05, 3.63) is 70.7 Å². The molecule has 1 heterocycles. The summed E-state index contributed by atoms with van der Waals surface area (Å²) in [6.07, 6.45) is 0.742. The second kappa shape index (κ2) is 8.60. The molecular formula is C20H20ClNO3S. The van der Waals surface area contributed by atoms with Crippen LogP contribution in [0.1, 0.15) is 34.6 Å². The van der Waals surface area contributed by atoms with Crippen LogP contribution in [0.5, 0.6) is 0 Å². The summed E-state index contributed by atoms with van der Waals surface area (Å²) in [5, 5.41) is 0.258. The van der Waals surface area contributed by atoms with E-state index in [1.54, 1.807) is 23.1 Å². The first-order valence-electron chi connectivity index (χ1n) is 8.54. The van der Waals surface area contributed by atoms with Crippen molar-refractivity contribution in [3.8, 4) is 0 Å². The van der Waals surface area contributed by atoms with Crippen LogP contribution in [0.4, 0.5) is 0 Å². The average molecular weight is 390 g/mol. The summed E-state index contributed by atoms with van der Waals surface area (Å²) < 4.78 is 5.33. The normalized spacial score (nSPS) is 19.4. The standard InChI is InChI=1S/C20H20ClNO3S/c1-2-12-25-20(24)17-13-26-19(15-10-6-7-11-16(15)21)22(17)18(23)14-8-4-3-5-9-14/h3-11,17,19H,2,12-13H2,1H3/t17-,19+/m0/s1. The van der Waals surface area contributed by atoms with Gasteiger partial charge in [-0.2, -0.15) is 0 Å². The molecule has 6 heteroatoms. The Kier molecular flexibility index (Phi) is 6.22. The number of rotatable bonds is 5. The molecule has 4 nitrogen and oxygen atoms in total. The summed E-state index contributed by atoms with van der Waals surface area (Å²) >= 11 is 7.89. The van der Waals surface area contributed by atoms with E-state index in [2.05, 4.69) is 0 Å². The molecule has 1 aliphatic rings. The van der Waals surface area contributed by atoms with Crippen LogP contribution in [-0.4, -0.2) is 35.2 Å². The van der Waals surface area contributed by atoms with Gasteiger partial charge in [0.1, 0.15) is 11.4 Å². The summed E-state index contributed by atoms with van der Waals surface area (Å²) in [6.45, 7) is 2.29. The van der Waals surface area contributed by atoms with Crippen LogP contribution in [0.15, 0.2) is 54.6 Å². The third kappa shape index (κ3) is 3.89. The predicted octanol–water partition coefficient (Wildman–Crippen LogP) is 4.55. The summed E-state index contributed by atoms with van der Waals surface area (Å²) in [5.41, 5.74) is 1.37. The average Bonchev–Trinajstić information content (AvgIpc) is 3.11. The van der Waals surface area contributed by atoms with Gasteiger partial charge in [-0.05, 0) is 24.6 Å². The molecule has 0 spiro atoms. The van der Waals surface area contributed by atoms with Crippen molar-refractivity contribution in [2.24, 2.45) is 0 Å². The van der Waals surface area contributed by atoms with E-state index in [0.29, 0.717) is 22.9 Å². The molecule has 0 radical (unpaired) electrons. The van der Waals surface area contributed by atoms with E-state index in [1.165, 1.54) is 11.8 Å². The van der Waals surface area contributed by atoms with Gasteiger partial charge in [0.2, 0.25) is 0 Å². The molecule has 1 aliphatic heterocycles. The maximum Gasteiger partial charge on any atom is 0.329 e. The second-order valence-electron chi connectivity index (χ2n) is 5.97. The lowest BCUT2D eigenvalue weighted by molar-refractivity contribution is -0.148. The Balaban J connectivity index is 1.96. The third-order valence-corrected chi connectivity index (χ3v) is 5.80. The maximum atomic E-state index is 13.2. The number of hydrogen-bond acceptors (Lipinski definition) is 4. The van der Waals surface area contributed by atoms with Crippen LogP contribution in [0, 0.1) is 0 Å². The fourth-order valence-electron chi connectivity index (χ4n) is 2.88. The van der Waals surface area contributed by atoms with Crippen LogP contribution in [0.2, 0.25) is 5.02 Å². The van der Waals surface area contributed by atoms with Crippen molar-refractivity contribution in [2.45, 2.75) is 24.8 Å². The SMILES string of the molecule is CCCOC(=O)[C@@H]1CS[C@H](c2ccccc2Cl)N1C(=O)c1ccccc1.